The van der Waals surface area contributed by atoms with E-state index in [1.54, 1.807) is 32.2 Å². The molecule has 1 N–H and O–H groups in total. The lowest BCUT2D eigenvalue weighted by Gasteiger charge is -2.13. The molecule has 0 radical (unpaired) electrons. The molecule has 1 amide bonds. The molecule has 2 aromatic carbocycles. The van der Waals surface area contributed by atoms with Crippen LogP contribution in [0.15, 0.2) is 48.0 Å². The first-order valence-electron chi connectivity index (χ1n) is 10.4. The first-order valence-corrected chi connectivity index (χ1v) is 11.2. The number of aryl methyl sites for hydroxylation is 1. The van der Waals surface area contributed by atoms with Crippen molar-refractivity contribution in [1.82, 2.24) is 10.2 Å². The van der Waals surface area contributed by atoms with Gasteiger partial charge in [0.2, 0.25) is 5.13 Å². The van der Waals surface area contributed by atoms with Crippen molar-refractivity contribution in [3.8, 4) is 29.1 Å². The summed E-state index contributed by atoms with van der Waals surface area (Å²) in [4.78, 5) is 12.4. The Labute approximate surface area is 201 Å². The number of ether oxygens (including phenoxy) is 4. The third kappa shape index (κ3) is 6.95. The maximum absolute atomic E-state index is 12.4. The smallest absolute Gasteiger partial charge is 0.268 e. The van der Waals surface area contributed by atoms with Gasteiger partial charge in [0.25, 0.3) is 5.91 Å². The number of rotatable bonds is 11. The van der Waals surface area contributed by atoms with Crippen LogP contribution < -0.4 is 24.3 Å². The number of anilines is 1. The molecule has 1 aromatic heterocycles. The predicted molar refractivity (Wildman–Crippen MR) is 128 cm³/mol. The molecule has 0 atom stereocenters. The van der Waals surface area contributed by atoms with E-state index in [0.29, 0.717) is 52.8 Å². The second-order valence-electron chi connectivity index (χ2n) is 6.76. The Bertz CT molecular complexity index is 1180. The van der Waals surface area contributed by atoms with Gasteiger partial charge in [-0.25, -0.2) is 0 Å². The molecule has 0 aliphatic heterocycles. The van der Waals surface area contributed by atoms with Crippen LogP contribution in [0.3, 0.4) is 0 Å². The largest absolute Gasteiger partial charge is 0.497 e. The molecule has 176 valence electrons. The lowest BCUT2D eigenvalue weighted by Crippen LogP contribution is -2.13. The summed E-state index contributed by atoms with van der Waals surface area (Å²) < 4.78 is 22.3. The highest BCUT2D eigenvalue weighted by atomic mass is 32.1. The lowest BCUT2D eigenvalue weighted by atomic mass is 10.1. The van der Waals surface area contributed by atoms with E-state index in [1.165, 1.54) is 17.4 Å². The SMILES string of the molecule is CCOc1cc(C=C(C#N)C(=O)Nc2nnc(C)s2)ccc1OCCOc1ccc(OC)cc1. The van der Waals surface area contributed by atoms with Crippen molar-refractivity contribution >= 4 is 28.5 Å². The van der Waals surface area contributed by atoms with Crippen LogP contribution in [0.4, 0.5) is 5.13 Å². The van der Waals surface area contributed by atoms with Gasteiger partial charge < -0.3 is 18.9 Å². The van der Waals surface area contributed by atoms with E-state index in [0.717, 1.165) is 5.75 Å². The van der Waals surface area contributed by atoms with Crippen LogP contribution >= 0.6 is 11.3 Å². The number of amides is 1. The zero-order valence-electron chi connectivity index (χ0n) is 19.0. The second-order valence-corrected chi connectivity index (χ2v) is 7.94. The summed E-state index contributed by atoms with van der Waals surface area (Å²) in [5.41, 5.74) is 0.544. The van der Waals surface area contributed by atoms with E-state index in [-0.39, 0.29) is 5.57 Å². The molecular formula is C24H24N4O5S. The molecule has 0 unspecified atom stereocenters. The van der Waals surface area contributed by atoms with Gasteiger partial charge in [-0.15, -0.1) is 10.2 Å². The Balaban J connectivity index is 1.63. The van der Waals surface area contributed by atoms with Crippen LogP contribution in [-0.2, 0) is 4.79 Å². The number of nitriles is 1. The van der Waals surface area contributed by atoms with Crippen LogP contribution in [0.25, 0.3) is 6.08 Å². The van der Waals surface area contributed by atoms with Gasteiger partial charge in [0.05, 0.1) is 13.7 Å². The number of aromatic nitrogens is 2. The molecule has 0 bridgehead atoms. The summed E-state index contributed by atoms with van der Waals surface area (Å²) in [7, 11) is 1.61. The summed E-state index contributed by atoms with van der Waals surface area (Å²) in [5, 5.41) is 20.8. The molecule has 0 aliphatic carbocycles. The van der Waals surface area contributed by atoms with E-state index < -0.39 is 5.91 Å². The zero-order chi connectivity index (χ0) is 24.3. The van der Waals surface area contributed by atoms with Gasteiger partial charge in [-0.3, -0.25) is 10.1 Å². The maximum Gasteiger partial charge on any atom is 0.268 e. The monoisotopic (exact) mass is 480 g/mol. The number of carbonyl (C=O) groups excluding carboxylic acids is 1. The van der Waals surface area contributed by atoms with Gasteiger partial charge in [-0.2, -0.15) is 5.26 Å². The van der Waals surface area contributed by atoms with E-state index in [2.05, 4.69) is 15.5 Å². The number of hydrogen-bond donors (Lipinski definition) is 1. The van der Waals surface area contributed by atoms with Crippen LogP contribution in [0.1, 0.15) is 17.5 Å². The quantitative estimate of drug-likeness (QED) is 0.246. The summed E-state index contributed by atoms with van der Waals surface area (Å²) in [6.07, 6.45) is 1.47. The number of nitrogens with one attached hydrogen (secondary N) is 1. The van der Waals surface area contributed by atoms with Gasteiger partial charge >= 0.3 is 0 Å². The molecule has 3 rings (SSSR count). The van der Waals surface area contributed by atoms with Crippen molar-refractivity contribution in [1.29, 1.82) is 5.26 Å². The van der Waals surface area contributed by atoms with E-state index in [4.69, 9.17) is 18.9 Å². The minimum Gasteiger partial charge on any atom is -0.497 e. The topological polar surface area (TPSA) is 116 Å². The van der Waals surface area contributed by atoms with E-state index in [9.17, 15) is 10.1 Å². The van der Waals surface area contributed by atoms with E-state index >= 15 is 0 Å². The second kappa shape index (κ2) is 12.2. The third-order valence-electron chi connectivity index (χ3n) is 4.36. The van der Waals surface area contributed by atoms with Gasteiger partial charge in [0, 0.05) is 0 Å². The molecule has 0 fully saturated rings. The fourth-order valence-corrected chi connectivity index (χ4v) is 3.40. The minimum absolute atomic E-state index is 0.0724. The molecule has 34 heavy (non-hydrogen) atoms. The molecule has 1 heterocycles. The van der Waals surface area contributed by atoms with Crippen molar-refractivity contribution in [2.75, 3.05) is 32.2 Å². The first-order chi connectivity index (χ1) is 16.5. The van der Waals surface area contributed by atoms with Crippen molar-refractivity contribution in [2.45, 2.75) is 13.8 Å². The number of nitrogens with zero attached hydrogens (tertiary/aromatic N) is 3. The summed E-state index contributed by atoms with van der Waals surface area (Å²) in [5.74, 6) is 1.93. The fraction of sp³-hybridized carbons (Fsp3) is 0.250. The highest BCUT2D eigenvalue weighted by Crippen LogP contribution is 2.29. The highest BCUT2D eigenvalue weighted by molar-refractivity contribution is 7.15. The van der Waals surface area contributed by atoms with Crippen LogP contribution in [0.2, 0.25) is 0 Å². The summed E-state index contributed by atoms with van der Waals surface area (Å²) >= 11 is 1.23. The molecule has 0 spiro atoms. The molecule has 3 aromatic rings. The number of carbonyl (C=O) groups is 1. The van der Waals surface area contributed by atoms with Gasteiger partial charge in [0.15, 0.2) is 11.5 Å². The minimum atomic E-state index is -0.562. The molecule has 10 heteroatoms. The van der Waals surface area contributed by atoms with Crippen LogP contribution in [0.5, 0.6) is 23.0 Å². The third-order valence-corrected chi connectivity index (χ3v) is 5.11. The Morgan fingerprint density at radius 1 is 1.06 bits per heavy atom. The van der Waals surface area contributed by atoms with E-state index in [1.807, 2.05) is 37.3 Å². The Hall–Kier alpha value is -4.10. The zero-order valence-corrected chi connectivity index (χ0v) is 19.8. The van der Waals surface area contributed by atoms with Crippen molar-refractivity contribution < 1.29 is 23.7 Å². The standard InChI is InChI=1S/C24H24N4O5S/c1-4-31-22-14-17(13-18(15-25)23(29)26-24-28-27-16(2)34-24)5-10-21(22)33-12-11-32-20-8-6-19(30-3)7-9-20/h5-10,13-14H,4,11-12H2,1-3H3,(H,26,28,29). The average molecular weight is 481 g/mol. The highest BCUT2D eigenvalue weighted by Gasteiger charge is 2.13. The van der Waals surface area contributed by atoms with Crippen LogP contribution in [0, 0.1) is 18.3 Å². The van der Waals surface area contributed by atoms with Crippen LogP contribution in [-0.4, -0.2) is 43.0 Å². The average Bonchev–Trinajstić information content (AvgIpc) is 3.26. The van der Waals surface area contributed by atoms with Crippen molar-refractivity contribution in [3.05, 3.63) is 58.6 Å². The number of benzene rings is 2. The van der Waals surface area contributed by atoms with Crippen molar-refractivity contribution in [3.63, 3.8) is 0 Å². The van der Waals surface area contributed by atoms with Gasteiger partial charge in [-0.05, 0) is 61.9 Å². The van der Waals surface area contributed by atoms with Crippen molar-refractivity contribution in [2.24, 2.45) is 0 Å². The summed E-state index contributed by atoms with van der Waals surface area (Å²) in [6.45, 7) is 4.70. The predicted octanol–water partition coefficient (Wildman–Crippen LogP) is 4.26. The molecular weight excluding hydrogens is 456 g/mol. The Morgan fingerprint density at radius 2 is 1.79 bits per heavy atom. The summed E-state index contributed by atoms with van der Waals surface area (Å²) in [6, 6.07) is 14.4. The lowest BCUT2D eigenvalue weighted by molar-refractivity contribution is -0.112. The molecule has 9 nitrogen and oxygen atoms in total. The Kier molecular flexibility index (Phi) is 8.82. The maximum atomic E-state index is 12.4. The Morgan fingerprint density at radius 3 is 2.44 bits per heavy atom. The molecule has 0 saturated heterocycles. The first kappa shape index (κ1) is 24.5. The van der Waals surface area contributed by atoms with Gasteiger partial charge in [-0.1, -0.05) is 17.4 Å². The fourth-order valence-electron chi connectivity index (χ4n) is 2.81. The molecule has 0 saturated carbocycles. The number of hydrogen-bond acceptors (Lipinski definition) is 9. The molecule has 0 aliphatic rings. The normalized spacial score (nSPS) is 10.8. The number of methoxy groups -OCH3 is 1. The van der Waals surface area contributed by atoms with Gasteiger partial charge in [0.1, 0.15) is 41.4 Å².